The maximum absolute atomic E-state index is 9.25. The molecular formula is C29H29N3. The third-order valence-electron chi connectivity index (χ3n) is 5.46. The molecule has 4 aromatic rings. The van der Waals surface area contributed by atoms with Crippen molar-refractivity contribution in [3.05, 3.63) is 144 Å². The van der Waals surface area contributed by atoms with E-state index in [-0.39, 0.29) is 0 Å². The van der Waals surface area contributed by atoms with E-state index in [1.54, 1.807) is 0 Å². The van der Waals surface area contributed by atoms with Gasteiger partial charge in [-0.05, 0) is 22.3 Å². The minimum atomic E-state index is 0.533. The minimum absolute atomic E-state index is 0.533. The highest BCUT2D eigenvalue weighted by Gasteiger charge is 2.19. The number of guanidine groups is 1. The molecule has 3 nitrogen and oxygen atoms in total. The molecular weight excluding hydrogens is 390 g/mol. The molecule has 0 bridgehead atoms. The van der Waals surface area contributed by atoms with Gasteiger partial charge in [0.15, 0.2) is 5.96 Å². The van der Waals surface area contributed by atoms with Crippen LogP contribution in [0.5, 0.6) is 0 Å². The largest absolute Gasteiger partial charge is 0.334 e. The molecule has 0 aliphatic heterocycles. The van der Waals surface area contributed by atoms with Gasteiger partial charge in [-0.15, -0.1) is 0 Å². The highest BCUT2D eigenvalue weighted by molar-refractivity contribution is 5.77. The quantitative estimate of drug-likeness (QED) is 0.267. The molecule has 4 rings (SSSR count). The van der Waals surface area contributed by atoms with Crippen LogP contribution in [0.1, 0.15) is 22.3 Å². The Kier molecular flexibility index (Phi) is 7.33. The van der Waals surface area contributed by atoms with E-state index in [9.17, 15) is 5.41 Å². The smallest absolute Gasteiger partial charge is 0.194 e. The van der Waals surface area contributed by atoms with Crippen molar-refractivity contribution in [2.24, 2.45) is 0 Å². The summed E-state index contributed by atoms with van der Waals surface area (Å²) in [5.74, 6) is 0.533. The molecule has 3 heteroatoms. The van der Waals surface area contributed by atoms with Gasteiger partial charge >= 0.3 is 0 Å². The van der Waals surface area contributed by atoms with Gasteiger partial charge in [0.05, 0.1) is 0 Å². The van der Waals surface area contributed by atoms with E-state index >= 15 is 0 Å². The zero-order chi connectivity index (χ0) is 22.0. The molecule has 0 saturated carbocycles. The predicted molar refractivity (Wildman–Crippen MR) is 132 cm³/mol. The second kappa shape index (κ2) is 11.0. The summed E-state index contributed by atoms with van der Waals surface area (Å²) in [5.41, 5.74) is 4.81. The third kappa shape index (κ3) is 6.08. The Bertz CT molecular complexity index is 908. The molecule has 0 spiro atoms. The topological polar surface area (TPSA) is 30.3 Å². The predicted octanol–water partition coefficient (Wildman–Crippen LogP) is 6.33. The number of nitrogens with zero attached hydrogens (tertiary/aromatic N) is 2. The minimum Gasteiger partial charge on any atom is -0.334 e. The lowest BCUT2D eigenvalue weighted by molar-refractivity contribution is 0.292. The summed E-state index contributed by atoms with van der Waals surface area (Å²) in [6.07, 6.45) is 0. The van der Waals surface area contributed by atoms with Gasteiger partial charge in [0.1, 0.15) is 0 Å². The first-order chi connectivity index (χ1) is 15.8. The lowest BCUT2D eigenvalue weighted by Crippen LogP contribution is -2.42. The van der Waals surface area contributed by atoms with Gasteiger partial charge in [-0.2, -0.15) is 0 Å². The van der Waals surface area contributed by atoms with E-state index in [0.29, 0.717) is 32.1 Å². The summed E-state index contributed by atoms with van der Waals surface area (Å²) >= 11 is 0. The lowest BCUT2D eigenvalue weighted by Gasteiger charge is -2.34. The van der Waals surface area contributed by atoms with Crippen molar-refractivity contribution in [1.82, 2.24) is 9.80 Å². The molecule has 0 saturated heterocycles. The average Bonchev–Trinajstić information content (AvgIpc) is 2.85. The highest BCUT2D eigenvalue weighted by atomic mass is 15.4. The van der Waals surface area contributed by atoms with Crippen molar-refractivity contribution in [3.8, 4) is 0 Å². The fraction of sp³-hybridized carbons (Fsp3) is 0.138. The van der Waals surface area contributed by atoms with Crippen LogP contribution in [0, 0.1) is 5.41 Å². The average molecular weight is 420 g/mol. The van der Waals surface area contributed by atoms with Gasteiger partial charge in [0.2, 0.25) is 0 Å². The third-order valence-corrected chi connectivity index (χ3v) is 5.46. The lowest BCUT2D eigenvalue weighted by atomic mass is 10.1. The Balaban J connectivity index is 1.62. The van der Waals surface area contributed by atoms with Gasteiger partial charge in [0.25, 0.3) is 0 Å². The van der Waals surface area contributed by atoms with Gasteiger partial charge in [-0.1, -0.05) is 121 Å². The molecule has 0 fully saturated rings. The van der Waals surface area contributed by atoms with Crippen LogP contribution < -0.4 is 0 Å². The van der Waals surface area contributed by atoms with E-state index in [2.05, 4.69) is 107 Å². The molecule has 0 aliphatic rings. The molecule has 0 amide bonds. The summed E-state index contributed by atoms with van der Waals surface area (Å²) in [5, 5.41) is 9.25. The molecule has 0 aliphatic carbocycles. The normalized spacial score (nSPS) is 10.5. The molecule has 0 unspecified atom stereocenters. The molecule has 32 heavy (non-hydrogen) atoms. The van der Waals surface area contributed by atoms with E-state index in [1.807, 2.05) is 24.3 Å². The van der Waals surface area contributed by atoms with Crippen molar-refractivity contribution in [2.75, 3.05) is 0 Å². The van der Waals surface area contributed by atoms with Crippen molar-refractivity contribution < 1.29 is 0 Å². The summed E-state index contributed by atoms with van der Waals surface area (Å²) in [6.45, 7) is 2.76. The molecule has 0 radical (unpaired) electrons. The van der Waals surface area contributed by atoms with E-state index < -0.39 is 0 Å². The van der Waals surface area contributed by atoms with Gasteiger partial charge in [-0.25, -0.2) is 0 Å². The van der Waals surface area contributed by atoms with Crippen molar-refractivity contribution in [3.63, 3.8) is 0 Å². The molecule has 1 N–H and O–H groups in total. The first kappa shape index (κ1) is 21.4. The first-order valence-corrected chi connectivity index (χ1v) is 11.0. The number of hydrogen-bond donors (Lipinski definition) is 1. The van der Waals surface area contributed by atoms with E-state index in [1.165, 1.54) is 22.3 Å². The highest BCUT2D eigenvalue weighted by Crippen LogP contribution is 2.17. The second-order valence-corrected chi connectivity index (χ2v) is 7.98. The number of hydrogen-bond acceptors (Lipinski definition) is 1. The monoisotopic (exact) mass is 419 g/mol. The first-order valence-electron chi connectivity index (χ1n) is 11.0. The van der Waals surface area contributed by atoms with Crippen molar-refractivity contribution in [2.45, 2.75) is 26.2 Å². The summed E-state index contributed by atoms with van der Waals surface area (Å²) < 4.78 is 0. The van der Waals surface area contributed by atoms with Crippen LogP contribution in [0.3, 0.4) is 0 Å². The number of benzene rings is 4. The standard InChI is InChI=1S/C29H29N3/c30-29(31(21-25-13-5-1-6-14-25)22-26-15-7-2-8-16-26)32(23-27-17-9-3-10-18-27)24-28-19-11-4-12-20-28/h1-20,30H,21-24H2. The van der Waals surface area contributed by atoms with Crippen LogP contribution in [-0.2, 0) is 26.2 Å². The number of rotatable bonds is 8. The summed E-state index contributed by atoms with van der Waals surface area (Å²) in [6, 6.07) is 41.7. The van der Waals surface area contributed by atoms with Gasteiger partial charge < -0.3 is 9.80 Å². The van der Waals surface area contributed by atoms with Crippen molar-refractivity contribution in [1.29, 1.82) is 5.41 Å². The maximum Gasteiger partial charge on any atom is 0.194 e. The molecule has 0 atom stereocenters. The summed E-state index contributed by atoms with van der Waals surface area (Å²) in [7, 11) is 0. The Morgan fingerprint density at radius 2 is 0.625 bits per heavy atom. The van der Waals surface area contributed by atoms with Crippen molar-refractivity contribution >= 4 is 5.96 Å². The fourth-order valence-electron chi connectivity index (χ4n) is 3.83. The molecule has 0 aromatic heterocycles. The van der Waals surface area contributed by atoms with Gasteiger partial charge in [-0.3, -0.25) is 5.41 Å². The molecule has 0 heterocycles. The Morgan fingerprint density at radius 3 is 0.844 bits per heavy atom. The Labute approximate surface area is 191 Å². The Morgan fingerprint density at radius 1 is 0.406 bits per heavy atom. The van der Waals surface area contributed by atoms with Crippen LogP contribution in [0.25, 0.3) is 0 Å². The second-order valence-electron chi connectivity index (χ2n) is 7.98. The van der Waals surface area contributed by atoms with E-state index in [0.717, 1.165) is 0 Å². The molecule has 160 valence electrons. The molecule has 4 aromatic carbocycles. The zero-order valence-corrected chi connectivity index (χ0v) is 18.3. The van der Waals surface area contributed by atoms with Crippen LogP contribution in [0.15, 0.2) is 121 Å². The van der Waals surface area contributed by atoms with Gasteiger partial charge in [0, 0.05) is 26.2 Å². The maximum atomic E-state index is 9.25. The fourth-order valence-corrected chi connectivity index (χ4v) is 3.83. The Hall–Kier alpha value is -3.85. The number of nitrogens with one attached hydrogen (secondary N) is 1. The van der Waals surface area contributed by atoms with Crippen LogP contribution in [0.4, 0.5) is 0 Å². The van der Waals surface area contributed by atoms with Crippen LogP contribution in [0.2, 0.25) is 0 Å². The SMILES string of the molecule is N=C(N(Cc1ccccc1)Cc1ccccc1)N(Cc1ccccc1)Cc1ccccc1. The van der Waals surface area contributed by atoms with Crippen LogP contribution in [-0.4, -0.2) is 15.8 Å². The summed E-state index contributed by atoms with van der Waals surface area (Å²) in [4.78, 5) is 4.33. The zero-order valence-electron chi connectivity index (χ0n) is 18.3. The van der Waals surface area contributed by atoms with E-state index in [4.69, 9.17) is 0 Å². The van der Waals surface area contributed by atoms with Crippen LogP contribution >= 0.6 is 0 Å².